The lowest BCUT2D eigenvalue weighted by Crippen LogP contribution is -2.41. The fraction of sp³-hybridized carbons (Fsp3) is 0.500. The minimum absolute atomic E-state index is 0.177. The molecule has 1 N–H and O–H groups in total. The van der Waals surface area contributed by atoms with Gasteiger partial charge in [-0.25, -0.2) is 0 Å². The summed E-state index contributed by atoms with van der Waals surface area (Å²) in [5.41, 5.74) is 4.19. The zero-order valence-corrected chi connectivity index (χ0v) is 21.7. The summed E-state index contributed by atoms with van der Waals surface area (Å²) in [5.74, 6) is -0.790. The van der Waals surface area contributed by atoms with Gasteiger partial charge in [-0.05, 0) is 48.3 Å². The molecule has 1 aliphatic carbocycles. The second-order valence-electron chi connectivity index (χ2n) is 11.0. The molecule has 1 heterocycles. The Labute approximate surface area is 209 Å². The lowest BCUT2D eigenvalue weighted by atomic mass is 9.65. The van der Waals surface area contributed by atoms with E-state index in [2.05, 4.69) is 33.0 Å². The normalized spacial score (nSPS) is 19.7. The molecule has 1 saturated heterocycles. The van der Waals surface area contributed by atoms with E-state index in [1.54, 1.807) is 0 Å². The van der Waals surface area contributed by atoms with Gasteiger partial charge in [0.25, 0.3) is 0 Å². The summed E-state index contributed by atoms with van der Waals surface area (Å²) >= 11 is 0. The van der Waals surface area contributed by atoms with Crippen molar-refractivity contribution in [3.05, 3.63) is 64.7 Å². The third-order valence-corrected chi connectivity index (χ3v) is 7.83. The molecule has 0 bridgehead atoms. The van der Waals surface area contributed by atoms with Crippen LogP contribution >= 0.6 is 0 Å². The predicted octanol–water partition coefficient (Wildman–Crippen LogP) is 6.28. The van der Waals surface area contributed by atoms with Crippen LogP contribution in [0.3, 0.4) is 0 Å². The summed E-state index contributed by atoms with van der Waals surface area (Å²) in [5, 5.41) is 3.08. The fourth-order valence-electron chi connectivity index (χ4n) is 5.96. The summed E-state index contributed by atoms with van der Waals surface area (Å²) in [7, 11) is 0. The highest BCUT2D eigenvalue weighted by atomic mass is 16.2. The minimum atomic E-state index is -0.732. The van der Waals surface area contributed by atoms with Crippen molar-refractivity contribution in [1.82, 2.24) is 4.90 Å². The lowest BCUT2D eigenvalue weighted by molar-refractivity contribution is -0.144. The smallest absolute Gasteiger partial charge is 0.244 e. The third kappa shape index (κ3) is 4.65. The zero-order chi connectivity index (χ0) is 25.3. The van der Waals surface area contributed by atoms with Gasteiger partial charge in [0, 0.05) is 5.69 Å². The van der Waals surface area contributed by atoms with Gasteiger partial charge in [0.05, 0.1) is 11.3 Å². The summed E-state index contributed by atoms with van der Waals surface area (Å²) in [6.45, 7) is 10.2. The minimum Gasteiger partial charge on any atom is -0.324 e. The molecule has 2 aliphatic rings. The van der Waals surface area contributed by atoms with Gasteiger partial charge in [-0.15, -0.1) is 0 Å². The van der Waals surface area contributed by atoms with Crippen LogP contribution in [0.2, 0.25) is 0 Å². The Kier molecular flexibility index (Phi) is 7.16. The Morgan fingerprint density at radius 2 is 1.51 bits per heavy atom. The van der Waals surface area contributed by atoms with Crippen molar-refractivity contribution in [3.8, 4) is 0 Å². The molecule has 3 amide bonds. The number of likely N-dealkylation sites (tertiary alicyclic amines) is 1. The van der Waals surface area contributed by atoms with Crippen molar-refractivity contribution in [2.45, 2.75) is 84.5 Å². The summed E-state index contributed by atoms with van der Waals surface area (Å²) in [4.78, 5) is 42.1. The van der Waals surface area contributed by atoms with Crippen LogP contribution in [0.5, 0.6) is 0 Å². The molecule has 0 aromatic heterocycles. The zero-order valence-electron chi connectivity index (χ0n) is 21.7. The number of imide groups is 1. The summed E-state index contributed by atoms with van der Waals surface area (Å²) < 4.78 is 0. The number of nitrogens with one attached hydrogen (secondary N) is 1. The topological polar surface area (TPSA) is 66.5 Å². The van der Waals surface area contributed by atoms with Crippen LogP contribution in [-0.4, -0.2) is 29.2 Å². The first-order chi connectivity index (χ1) is 16.7. The molecule has 5 heteroatoms. The average Bonchev–Trinajstić information content (AvgIpc) is 3.01. The second kappa shape index (κ2) is 9.96. The van der Waals surface area contributed by atoms with E-state index in [1.165, 1.54) is 4.90 Å². The van der Waals surface area contributed by atoms with Crippen LogP contribution in [-0.2, 0) is 14.4 Å². The average molecular weight is 475 g/mol. The maximum atomic E-state index is 13.8. The monoisotopic (exact) mass is 474 g/mol. The Hall–Kier alpha value is -2.95. The number of para-hydroxylation sites is 1. The van der Waals surface area contributed by atoms with Crippen molar-refractivity contribution < 1.29 is 14.4 Å². The number of amides is 3. The van der Waals surface area contributed by atoms with E-state index in [1.807, 2.05) is 49.4 Å². The van der Waals surface area contributed by atoms with Crippen molar-refractivity contribution in [2.75, 3.05) is 11.9 Å². The van der Waals surface area contributed by atoms with Gasteiger partial charge >= 0.3 is 0 Å². The van der Waals surface area contributed by atoms with E-state index >= 15 is 0 Å². The van der Waals surface area contributed by atoms with E-state index in [4.69, 9.17) is 0 Å². The van der Waals surface area contributed by atoms with Crippen LogP contribution in [0.25, 0.3) is 0 Å². The Morgan fingerprint density at radius 3 is 2.06 bits per heavy atom. The quantitative estimate of drug-likeness (QED) is 0.501. The molecule has 4 rings (SSSR count). The fourth-order valence-corrected chi connectivity index (χ4v) is 5.96. The van der Waals surface area contributed by atoms with Crippen molar-refractivity contribution in [1.29, 1.82) is 0 Å². The van der Waals surface area contributed by atoms with E-state index < -0.39 is 11.3 Å². The molecule has 2 aromatic carbocycles. The molecular formula is C30H38N2O3. The summed E-state index contributed by atoms with van der Waals surface area (Å²) in [6.07, 6.45) is 4.33. The van der Waals surface area contributed by atoms with Crippen molar-refractivity contribution in [3.63, 3.8) is 0 Å². The molecule has 2 fully saturated rings. The Morgan fingerprint density at radius 1 is 0.943 bits per heavy atom. The number of carbonyl (C=O) groups excluding carboxylic acids is 3. The number of benzene rings is 2. The molecule has 0 radical (unpaired) electrons. The van der Waals surface area contributed by atoms with Gasteiger partial charge in [-0.3, -0.25) is 19.3 Å². The third-order valence-electron chi connectivity index (χ3n) is 7.83. The van der Waals surface area contributed by atoms with E-state index in [9.17, 15) is 14.4 Å². The van der Waals surface area contributed by atoms with Gasteiger partial charge in [-0.2, -0.15) is 0 Å². The molecule has 1 atom stereocenters. The molecule has 35 heavy (non-hydrogen) atoms. The Balaban J connectivity index is 1.64. The van der Waals surface area contributed by atoms with Crippen molar-refractivity contribution in [2.24, 2.45) is 5.41 Å². The van der Waals surface area contributed by atoms with Crippen LogP contribution in [0.4, 0.5) is 5.69 Å². The highest BCUT2D eigenvalue weighted by Gasteiger charge is 2.59. The molecular weight excluding hydrogens is 436 g/mol. The van der Waals surface area contributed by atoms with E-state index in [-0.39, 0.29) is 36.1 Å². The van der Waals surface area contributed by atoms with Gasteiger partial charge in [0.15, 0.2) is 0 Å². The van der Waals surface area contributed by atoms with Gasteiger partial charge in [-0.1, -0.05) is 95.0 Å². The molecule has 1 saturated carbocycles. The SMILES string of the molecule is Cc1ccc(C2C(=O)N(CC(=O)Nc3c(C(C)C)cccc3C(C)C)C(=O)C23CCCCC3)cc1. The van der Waals surface area contributed by atoms with Gasteiger partial charge in [0.1, 0.15) is 6.54 Å². The highest BCUT2D eigenvalue weighted by Crippen LogP contribution is 2.53. The molecule has 1 spiro atoms. The second-order valence-corrected chi connectivity index (χ2v) is 11.0. The maximum absolute atomic E-state index is 13.8. The molecule has 1 aliphatic heterocycles. The van der Waals surface area contributed by atoms with E-state index in [0.29, 0.717) is 12.8 Å². The molecule has 186 valence electrons. The number of hydrogen-bond donors (Lipinski definition) is 1. The molecule has 2 aromatic rings. The van der Waals surface area contributed by atoms with Gasteiger partial charge in [0.2, 0.25) is 17.7 Å². The van der Waals surface area contributed by atoms with Crippen LogP contribution in [0.1, 0.15) is 99.8 Å². The number of rotatable bonds is 6. The number of anilines is 1. The van der Waals surface area contributed by atoms with Crippen LogP contribution in [0.15, 0.2) is 42.5 Å². The van der Waals surface area contributed by atoms with Gasteiger partial charge < -0.3 is 5.32 Å². The first-order valence-electron chi connectivity index (χ1n) is 13.0. The number of aryl methyl sites for hydroxylation is 1. The van der Waals surface area contributed by atoms with Crippen molar-refractivity contribution >= 4 is 23.4 Å². The highest BCUT2D eigenvalue weighted by molar-refractivity contribution is 6.12. The lowest BCUT2D eigenvalue weighted by Gasteiger charge is -2.35. The van der Waals surface area contributed by atoms with Crippen LogP contribution < -0.4 is 5.32 Å². The largest absolute Gasteiger partial charge is 0.324 e. The standard InChI is InChI=1S/C30H38N2O3/c1-19(2)23-10-9-11-24(20(3)4)27(23)31-25(33)18-32-28(34)26(22-14-12-21(5)13-15-22)30(29(32)35)16-7-6-8-17-30/h9-15,19-20,26H,6-8,16-18H2,1-5H3,(H,31,33). The van der Waals surface area contributed by atoms with Crippen LogP contribution in [0, 0.1) is 12.3 Å². The first kappa shape index (κ1) is 25.2. The number of nitrogens with zero attached hydrogens (tertiary/aromatic N) is 1. The Bertz CT molecular complexity index is 1080. The number of hydrogen-bond acceptors (Lipinski definition) is 3. The van der Waals surface area contributed by atoms with E-state index in [0.717, 1.165) is 47.2 Å². The number of carbonyl (C=O) groups is 3. The predicted molar refractivity (Wildman–Crippen MR) is 139 cm³/mol. The first-order valence-corrected chi connectivity index (χ1v) is 13.0. The molecule has 1 unspecified atom stereocenters. The maximum Gasteiger partial charge on any atom is 0.244 e. The molecule has 5 nitrogen and oxygen atoms in total. The summed E-state index contributed by atoms with van der Waals surface area (Å²) in [6, 6.07) is 14.0.